The predicted octanol–water partition coefficient (Wildman–Crippen LogP) is 0.626. The third-order valence-corrected chi connectivity index (χ3v) is 3.32. The summed E-state index contributed by atoms with van der Waals surface area (Å²) >= 11 is 0. The Balaban J connectivity index is 3.14. The molecule has 15 heavy (non-hydrogen) atoms. The second-order valence-corrected chi connectivity index (χ2v) is 5.19. The average molecular weight is 229 g/mol. The van der Waals surface area contributed by atoms with E-state index in [4.69, 9.17) is 5.11 Å². The number of aromatic nitrogens is 1. The maximum absolute atomic E-state index is 10.9. The summed E-state index contributed by atoms with van der Waals surface area (Å²) in [4.78, 5) is 14.2. The van der Waals surface area contributed by atoms with Crippen LogP contribution < -0.4 is 0 Å². The first kappa shape index (κ1) is 11.6. The summed E-state index contributed by atoms with van der Waals surface area (Å²) in [5.74, 6) is -1.13. The van der Waals surface area contributed by atoms with E-state index >= 15 is 0 Å². The standard InChI is InChI=1S/C9H11NO4S/c1-9(2,15(13)14)6-3-4-7(8(11)12)10-5-6/h3-5,15H,1-2H3,(H,11,12). The zero-order valence-corrected chi connectivity index (χ0v) is 9.19. The maximum Gasteiger partial charge on any atom is 0.354 e. The molecular formula is C9H11NO4S. The van der Waals surface area contributed by atoms with Crippen LogP contribution in [0.5, 0.6) is 0 Å². The summed E-state index contributed by atoms with van der Waals surface area (Å²) in [6.45, 7) is 3.08. The molecule has 0 aliphatic rings. The largest absolute Gasteiger partial charge is 0.477 e. The smallest absolute Gasteiger partial charge is 0.354 e. The molecular weight excluding hydrogens is 218 g/mol. The minimum absolute atomic E-state index is 0.101. The van der Waals surface area contributed by atoms with Crippen molar-refractivity contribution >= 4 is 16.7 Å². The summed E-state index contributed by atoms with van der Waals surface area (Å²) in [6.07, 6.45) is 1.27. The number of thiol groups is 1. The van der Waals surface area contributed by atoms with Crippen LogP contribution in [0.15, 0.2) is 18.3 Å². The molecule has 1 heterocycles. The number of hydrogen-bond acceptors (Lipinski definition) is 4. The first-order valence-electron chi connectivity index (χ1n) is 4.20. The monoisotopic (exact) mass is 229 g/mol. The lowest BCUT2D eigenvalue weighted by atomic mass is 10.0. The molecule has 82 valence electrons. The van der Waals surface area contributed by atoms with E-state index in [0.29, 0.717) is 5.56 Å². The van der Waals surface area contributed by atoms with Gasteiger partial charge in [-0.2, -0.15) is 0 Å². The molecule has 0 saturated carbocycles. The Hall–Kier alpha value is -1.43. The van der Waals surface area contributed by atoms with Crippen LogP contribution in [0.3, 0.4) is 0 Å². The summed E-state index contributed by atoms with van der Waals surface area (Å²) in [5.41, 5.74) is 0.374. The number of carboxylic acid groups (broad SMARTS) is 1. The van der Waals surface area contributed by atoms with Crippen molar-refractivity contribution in [1.82, 2.24) is 4.98 Å². The molecule has 0 unspecified atom stereocenters. The Bertz CT molecular complexity index is 440. The lowest BCUT2D eigenvalue weighted by molar-refractivity contribution is 0.0690. The van der Waals surface area contributed by atoms with Crippen molar-refractivity contribution in [3.63, 3.8) is 0 Å². The molecule has 0 amide bonds. The van der Waals surface area contributed by atoms with Crippen molar-refractivity contribution in [2.75, 3.05) is 0 Å². The van der Waals surface area contributed by atoms with Crippen LogP contribution in [0.1, 0.15) is 29.9 Å². The summed E-state index contributed by atoms with van der Waals surface area (Å²) < 4.78 is 20.8. The number of pyridine rings is 1. The summed E-state index contributed by atoms with van der Waals surface area (Å²) in [5, 5.41) is 8.61. The normalized spacial score (nSPS) is 11.7. The van der Waals surface area contributed by atoms with Gasteiger partial charge in [0.1, 0.15) is 16.4 Å². The van der Waals surface area contributed by atoms with Gasteiger partial charge in [-0.3, -0.25) is 0 Å². The summed E-state index contributed by atoms with van der Waals surface area (Å²) in [7, 11) is -2.63. The van der Waals surface area contributed by atoms with E-state index in [2.05, 4.69) is 4.98 Å². The van der Waals surface area contributed by atoms with Crippen molar-refractivity contribution in [1.29, 1.82) is 0 Å². The van der Waals surface area contributed by atoms with Crippen molar-refractivity contribution in [3.8, 4) is 0 Å². The Kier molecular flexibility index (Phi) is 3.09. The van der Waals surface area contributed by atoms with Crippen molar-refractivity contribution in [2.45, 2.75) is 18.6 Å². The van der Waals surface area contributed by atoms with Gasteiger partial charge in [0.15, 0.2) is 0 Å². The van der Waals surface area contributed by atoms with E-state index < -0.39 is 21.4 Å². The molecule has 0 aliphatic carbocycles. The number of rotatable bonds is 3. The highest BCUT2D eigenvalue weighted by Gasteiger charge is 2.24. The van der Waals surface area contributed by atoms with Crippen LogP contribution in [-0.4, -0.2) is 24.5 Å². The fraction of sp³-hybridized carbons (Fsp3) is 0.333. The van der Waals surface area contributed by atoms with Crippen molar-refractivity contribution in [3.05, 3.63) is 29.6 Å². The fourth-order valence-electron chi connectivity index (χ4n) is 0.988. The van der Waals surface area contributed by atoms with Gasteiger partial charge in [-0.1, -0.05) is 6.07 Å². The van der Waals surface area contributed by atoms with E-state index in [1.54, 1.807) is 0 Å². The first-order valence-corrected chi connectivity index (χ1v) is 5.38. The molecule has 0 bridgehead atoms. The van der Waals surface area contributed by atoms with Crippen molar-refractivity contribution in [2.24, 2.45) is 0 Å². The average Bonchev–Trinajstić information content (AvgIpc) is 2.17. The molecule has 6 heteroatoms. The zero-order chi connectivity index (χ0) is 11.6. The minimum Gasteiger partial charge on any atom is -0.477 e. The van der Waals surface area contributed by atoms with E-state index in [9.17, 15) is 13.2 Å². The summed E-state index contributed by atoms with van der Waals surface area (Å²) in [6, 6.07) is 2.75. The Morgan fingerprint density at radius 3 is 2.33 bits per heavy atom. The number of nitrogens with zero attached hydrogens (tertiary/aromatic N) is 1. The predicted molar refractivity (Wildman–Crippen MR) is 54.5 cm³/mol. The number of hydrogen-bond donors (Lipinski definition) is 2. The molecule has 0 aromatic carbocycles. The molecule has 1 rings (SSSR count). The van der Waals surface area contributed by atoms with E-state index in [1.807, 2.05) is 0 Å². The number of aromatic carboxylic acids is 1. The third-order valence-electron chi connectivity index (χ3n) is 2.15. The maximum atomic E-state index is 10.9. The lowest BCUT2D eigenvalue weighted by Gasteiger charge is -2.16. The van der Waals surface area contributed by atoms with Gasteiger partial charge in [0.25, 0.3) is 0 Å². The second kappa shape index (κ2) is 3.98. The van der Waals surface area contributed by atoms with Crippen LogP contribution >= 0.6 is 0 Å². The Morgan fingerprint density at radius 1 is 1.40 bits per heavy atom. The molecule has 1 N–H and O–H groups in total. The number of carbonyl (C=O) groups is 1. The SMILES string of the molecule is CC(C)(c1ccc(C(=O)O)nc1)[SH](=O)=O. The molecule has 0 aliphatic heterocycles. The van der Waals surface area contributed by atoms with Gasteiger partial charge in [-0.05, 0) is 25.5 Å². The van der Waals surface area contributed by atoms with Gasteiger partial charge in [0.05, 0.1) is 4.75 Å². The Morgan fingerprint density at radius 2 is 2.00 bits per heavy atom. The van der Waals surface area contributed by atoms with Crippen LogP contribution in [-0.2, 0) is 15.5 Å². The minimum atomic E-state index is -2.63. The molecule has 0 atom stereocenters. The van der Waals surface area contributed by atoms with Crippen LogP contribution in [0.4, 0.5) is 0 Å². The van der Waals surface area contributed by atoms with Crippen LogP contribution in [0, 0.1) is 0 Å². The van der Waals surface area contributed by atoms with E-state index in [0.717, 1.165) is 0 Å². The van der Waals surface area contributed by atoms with Gasteiger partial charge < -0.3 is 5.11 Å². The lowest BCUT2D eigenvalue weighted by Crippen LogP contribution is -2.19. The number of carboxylic acids is 1. The fourth-order valence-corrected chi connectivity index (χ4v) is 1.33. The molecule has 0 radical (unpaired) electrons. The highest BCUT2D eigenvalue weighted by Crippen LogP contribution is 2.23. The molecule has 1 aromatic heterocycles. The van der Waals surface area contributed by atoms with Gasteiger partial charge in [0, 0.05) is 6.20 Å². The highest BCUT2D eigenvalue weighted by atomic mass is 32.2. The molecule has 1 aromatic rings. The zero-order valence-electron chi connectivity index (χ0n) is 8.30. The topological polar surface area (TPSA) is 84.3 Å². The van der Waals surface area contributed by atoms with Crippen molar-refractivity contribution < 1.29 is 18.3 Å². The van der Waals surface area contributed by atoms with E-state index in [-0.39, 0.29) is 5.69 Å². The molecule has 0 saturated heterocycles. The molecule has 5 nitrogen and oxygen atoms in total. The first-order chi connectivity index (χ1) is 6.85. The van der Waals surface area contributed by atoms with Crippen LogP contribution in [0.2, 0.25) is 0 Å². The van der Waals surface area contributed by atoms with Crippen LogP contribution in [0.25, 0.3) is 0 Å². The van der Waals surface area contributed by atoms with Gasteiger partial charge in [-0.15, -0.1) is 0 Å². The van der Waals surface area contributed by atoms with E-state index in [1.165, 1.54) is 32.2 Å². The molecule has 0 fully saturated rings. The third kappa shape index (κ3) is 2.33. The van der Waals surface area contributed by atoms with Gasteiger partial charge >= 0.3 is 5.97 Å². The molecule has 0 spiro atoms. The quantitative estimate of drug-likeness (QED) is 0.742. The van der Waals surface area contributed by atoms with Gasteiger partial charge in [0.2, 0.25) is 0 Å². The highest BCUT2D eigenvalue weighted by molar-refractivity contribution is 7.73. The second-order valence-electron chi connectivity index (χ2n) is 3.55. The van der Waals surface area contributed by atoms with Gasteiger partial charge in [-0.25, -0.2) is 18.2 Å². The Labute approximate surface area is 88.7 Å².